The van der Waals surface area contributed by atoms with Crippen LogP contribution in [-0.2, 0) is 16.1 Å². The lowest BCUT2D eigenvalue weighted by atomic mass is 9.95. The van der Waals surface area contributed by atoms with Crippen molar-refractivity contribution < 1.29 is 19.1 Å². The normalized spacial score (nSPS) is 22.8. The summed E-state index contributed by atoms with van der Waals surface area (Å²) in [4.78, 5) is 42.7. The average Bonchev–Trinajstić information content (AvgIpc) is 3.09. The number of ketones is 2. The Bertz CT molecular complexity index is 770. The lowest BCUT2D eigenvalue weighted by Gasteiger charge is -2.17. The van der Waals surface area contributed by atoms with Gasteiger partial charge in [0.1, 0.15) is 11.4 Å². The first-order valence-electron chi connectivity index (χ1n) is 7.32. The standard InChI is InChI=1S/C15H15N3O4/c1-7-11(17-5-6-17)14(21)10-12(13(7)20)18-4-3-9(15(18)16-10)22-8(2)19/h9H,3-6H2,1-2H3/t9-/m0/s1. The van der Waals surface area contributed by atoms with Crippen LogP contribution >= 0.6 is 0 Å². The fourth-order valence-electron chi connectivity index (χ4n) is 3.24. The molecule has 114 valence electrons. The number of hydrogen-bond donors (Lipinski definition) is 0. The number of rotatable bonds is 2. The highest BCUT2D eigenvalue weighted by Crippen LogP contribution is 2.37. The third-order valence-corrected chi connectivity index (χ3v) is 4.31. The van der Waals surface area contributed by atoms with Gasteiger partial charge in [0.15, 0.2) is 11.9 Å². The molecule has 0 amide bonds. The smallest absolute Gasteiger partial charge is 0.303 e. The summed E-state index contributed by atoms with van der Waals surface area (Å²) in [5, 5.41) is 0. The molecule has 0 saturated carbocycles. The van der Waals surface area contributed by atoms with E-state index < -0.39 is 12.1 Å². The number of imidazole rings is 1. The van der Waals surface area contributed by atoms with Crippen molar-refractivity contribution in [3.8, 4) is 0 Å². The second-order valence-electron chi connectivity index (χ2n) is 5.82. The highest BCUT2D eigenvalue weighted by Gasteiger charge is 2.43. The zero-order valence-electron chi connectivity index (χ0n) is 12.4. The molecule has 0 aromatic carbocycles. The van der Waals surface area contributed by atoms with Crippen molar-refractivity contribution in [3.05, 3.63) is 28.5 Å². The van der Waals surface area contributed by atoms with Gasteiger partial charge in [-0.15, -0.1) is 0 Å². The van der Waals surface area contributed by atoms with Crippen molar-refractivity contribution in [1.29, 1.82) is 0 Å². The van der Waals surface area contributed by atoms with Gasteiger partial charge in [-0.25, -0.2) is 4.98 Å². The van der Waals surface area contributed by atoms with Gasteiger partial charge in [0.05, 0.1) is 5.70 Å². The van der Waals surface area contributed by atoms with Gasteiger partial charge in [-0.3, -0.25) is 14.4 Å². The number of allylic oxidation sites excluding steroid dienone is 2. The van der Waals surface area contributed by atoms with Crippen LogP contribution in [0.3, 0.4) is 0 Å². The van der Waals surface area contributed by atoms with Crippen molar-refractivity contribution >= 4 is 17.5 Å². The van der Waals surface area contributed by atoms with Crippen LogP contribution in [0.4, 0.5) is 0 Å². The van der Waals surface area contributed by atoms with Crippen LogP contribution < -0.4 is 0 Å². The molecule has 1 aromatic heterocycles. The number of carbonyl (C=O) groups is 3. The predicted octanol–water partition coefficient (Wildman–Crippen LogP) is 0.860. The number of fused-ring (bicyclic) bond motifs is 3. The predicted molar refractivity (Wildman–Crippen MR) is 74.3 cm³/mol. The van der Waals surface area contributed by atoms with E-state index in [0.717, 1.165) is 13.1 Å². The zero-order chi connectivity index (χ0) is 15.6. The van der Waals surface area contributed by atoms with E-state index in [-0.39, 0.29) is 17.3 Å². The number of ether oxygens (including phenoxy) is 1. The molecular formula is C15H15N3O4. The summed E-state index contributed by atoms with van der Waals surface area (Å²) in [6, 6.07) is 0. The number of aromatic nitrogens is 2. The Balaban J connectivity index is 1.81. The van der Waals surface area contributed by atoms with Gasteiger partial charge in [-0.1, -0.05) is 0 Å². The van der Waals surface area contributed by atoms with Crippen LogP contribution in [0.2, 0.25) is 0 Å². The molecule has 4 rings (SSSR count). The van der Waals surface area contributed by atoms with Crippen molar-refractivity contribution in [3.63, 3.8) is 0 Å². The van der Waals surface area contributed by atoms with Crippen LogP contribution in [0, 0.1) is 0 Å². The third kappa shape index (κ3) is 1.68. The zero-order valence-corrected chi connectivity index (χ0v) is 12.4. The minimum Gasteiger partial charge on any atom is -0.454 e. The number of nitrogens with zero attached hydrogens (tertiary/aromatic N) is 3. The molecule has 0 bridgehead atoms. The van der Waals surface area contributed by atoms with Crippen LogP contribution in [0.25, 0.3) is 0 Å². The first kappa shape index (κ1) is 13.2. The maximum Gasteiger partial charge on any atom is 0.303 e. The van der Waals surface area contributed by atoms with Crippen LogP contribution in [0.1, 0.15) is 53.2 Å². The Morgan fingerprint density at radius 1 is 1.23 bits per heavy atom. The second kappa shape index (κ2) is 4.28. The van der Waals surface area contributed by atoms with E-state index in [2.05, 4.69) is 4.98 Å². The molecule has 7 heteroatoms. The molecule has 7 nitrogen and oxygen atoms in total. The van der Waals surface area contributed by atoms with Crippen molar-refractivity contribution in [2.75, 3.05) is 13.1 Å². The third-order valence-electron chi connectivity index (χ3n) is 4.31. The molecule has 0 spiro atoms. The highest BCUT2D eigenvalue weighted by molar-refractivity contribution is 6.25. The van der Waals surface area contributed by atoms with Gasteiger partial charge in [-0.05, 0) is 6.92 Å². The van der Waals surface area contributed by atoms with E-state index in [0.29, 0.717) is 35.8 Å². The lowest BCUT2D eigenvalue weighted by Crippen LogP contribution is -2.26. The quantitative estimate of drug-likeness (QED) is 0.595. The molecule has 0 unspecified atom stereocenters. The van der Waals surface area contributed by atoms with Gasteiger partial charge in [0, 0.05) is 38.6 Å². The Morgan fingerprint density at radius 2 is 1.95 bits per heavy atom. The number of carbonyl (C=O) groups excluding carboxylic acids is 3. The maximum absolute atomic E-state index is 12.7. The van der Waals surface area contributed by atoms with E-state index in [1.54, 1.807) is 11.5 Å². The number of hydrogen-bond acceptors (Lipinski definition) is 6. The summed E-state index contributed by atoms with van der Waals surface area (Å²) in [7, 11) is 0. The molecule has 3 aliphatic rings. The van der Waals surface area contributed by atoms with Gasteiger partial charge in [0.2, 0.25) is 11.6 Å². The van der Waals surface area contributed by atoms with E-state index >= 15 is 0 Å². The summed E-state index contributed by atoms with van der Waals surface area (Å²) in [6.07, 6.45) is 0.104. The van der Waals surface area contributed by atoms with Crippen molar-refractivity contribution in [2.24, 2.45) is 0 Å². The van der Waals surface area contributed by atoms with Gasteiger partial charge >= 0.3 is 5.97 Å². The second-order valence-corrected chi connectivity index (χ2v) is 5.82. The molecule has 0 radical (unpaired) electrons. The summed E-state index contributed by atoms with van der Waals surface area (Å²) in [6.45, 7) is 5.15. The van der Waals surface area contributed by atoms with E-state index in [1.165, 1.54) is 6.92 Å². The summed E-state index contributed by atoms with van der Waals surface area (Å²) >= 11 is 0. The van der Waals surface area contributed by atoms with Crippen LogP contribution in [0.5, 0.6) is 0 Å². The minimum atomic E-state index is -0.478. The first-order chi connectivity index (χ1) is 10.5. The summed E-state index contributed by atoms with van der Waals surface area (Å²) < 4.78 is 6.96. The fraction of sp³-hybridized carbons (Fsp3) is 0.467. The molecule has 1 saturated heterocycles. The van der Waals surface area contributed by atoms with E-state index in [9.17, 15) is 14.4 Å². The Kier molecular flexibility index (Phi) is 2.58. The summed E-state index contributed by atoms with van der Waals surface area (Å²) in [5.74, 6) is -0.246. The van der Waals surface area contributed by atoms with Crippen molar-refractivity contribution in [1.82, 2.24) is 14.5 Å². The largest absolute Gasteiger partial charge is 0.454 e. The molecule has 1 atom stereocenters. The van der Waals surface area contributed by atoms with Crippen LogP contribution in [-0.4, -0.2) is 45.1 Å². The Labute approximate surface area is 126 Å². The first-order valence-corrected chi connectivity index (χ1v) is 7.32. The highest BCUT2D eigenvalue weighted by atomic mass is 16.5. The number of Topliss-reactive ketones (excluding diaryl/α,β-unsaturated/α-hetero) is 2. The molecule has 22 heavy (non-hydrogen) atoms. The van der Waals surface area contributed by atoms with E-state index in [4.69, 9.17) is 4.74 Å². The molecule has 1 aromatic rings. The molecule has 1 aliphatic carbocycles. The van der Waals surface area contributed by atoms with Gasteiger partial charge < -0.3 is 14.2 Å². The molecule has 2 aliphatic heterocycles. The SMILES string of the molecule is CC(=O)O[C@H]1CCn2c1nc1c2C(=O)C(C)=C(N2CC2)C1=O. The lowest BCUT2D eigenvalue weighted by molar-refractivity contribution is -0.146. The summed E-state index contributed by atoms with van der Waals surface area (Å²) in [5.41, 5.74) is 1.49. The van der Waals surface area contributed by atoms with Gasteiger partial charge in [0.25, 0.3) is 0 Å². The Morgan fingerprint density at radius 3 is 2.59 bits per heavy atom. The molecular weight excluding hydrogens is 286 g/mol. The minimum absolute atomic E-state index is 0.154. The maximum atomic E-state index is 12.7. The molecule has 1 fully saturated rings. The number of esters is 1. The average molecular weight is 301 g/mol. The van der Waals surface area contributed by atoms with Gasteiger partial charge in [-0.2, -0.15) is 0 Å². The molecule has 3 heterocycles. The van der Waals surface area contributed by atoms with Crippen LogP contribution in [0.15, 0.2) is 11.3 Å². The van der Waals surface area contributed by atoms with E-state index in [1.807, 2.05) is 4.90 Å². The Hall–Kier alpha value is -2.44. The monoisotopic (exact) mass is 301 g/mol. The van der Waals surface area contributed by atoms with Crippen molar-refractivity contribution in [2.45, 2.75) is 32.9 Å². The topological polar surface area (TPSA) is 81.3 Å². The fourth-order valence-corrected chi connectivity index (χ4v) is 3.24. The molecule has 0 N–H and O–H groups in total.